The van der Waals surface area contributed by atoms with Gasteiger partial charge in [0.15, 0.2) is 0 Å². The summed E-state index contributed by atoms with van der Waals surface area (Å²) in [5.41, 5.74) is 1.40. The van der Waals surface area contributed by atoms with Crippen LogP contribution in [0.2, 0.25) is 5.02 Å². The topological polar surface area (TPSA) is 81.8 Å². The van der Waals surface area contributed by atoms with Gasteiger partial charge in [-0.2, -0.15) is 0 Å². The minimum atomic E-state index is -4.02. The third kappa shape index (κ3) is 4.73. The number of nitrogens with one attached hydrogen (secondary N) is 2. The normalized spacial score (nSPS) is 15.8. The number of fused-ring (bicyclic) bond motifs is 1. The van der Waals surface area contributed by atoms with Crippen molar-refractivity contribution in [2.75, 3.05) is 11.8 Å². The van der Waals surface area contributed by atoms with Crippen LogP contribution in [0, 0.1) is 5.82 Å². The molecule has 0 spiro atoms. The lowest BCUT2D eigenvalue weighted by Crippen LogP contribution is -2.31. The molecule has 0 aromatic heterocycles. The largest absolute Gasteiger partial charge is 0.335 e. The van der Waals surface area contributed by atoms with Crippen molar-refractivity contribution in [3.63, 3.8) is 0 Å². The minimum absolute atomic E-state index is 0.0592. The van der Waals surface area contributed by atoms with Gasteiger partial charge in [0.25, 0.3) is 15.9 Å². The van der Waals surface area contributed by atoms with E-state index in [9.17, 15) is 17.6 Å². The van der Waals surface area contributed by atoms with Crippen LogP contribution in [-0.4, -0.2) is 30.6 Å². The van der Waals surface area contributed by atoms with Gasteiger partial charge >= 0.3 is 0 Å². The van der Waals surface area contributed by atoms with E-state index < -0.39 is 22.0 Å². The Kier molecular flexibility index (Phi) is 6.42. The zero-order valence-electron chi connectivity index (χ0n) is 17.6. The van der Waals surface area contributed by atoms with Gasteiger partial charge in [-0.1, -0.05) is 23.7 Å². The number of hydrogen-bond acceptors (Lipinski definition) is 6. The zero-order valence-corrected chi connectivity index (χ0v) is 20.0. The molecule has 1 unspecified atom stereocenters. The molecule has 0 saturated heterocycles. The standard InChI is InChI=1S/C22H20ClFN4O3S2/c1-14(15-5-8-17(24)9-6-15)27(2)22(29)18-12-16(23)7-10-19(18)26-33(30,31)21-4-3-11-28-20(21)13-25-32-28/h3-14,25-26H,1-2H3. The summed E-state index contributed by atoms with van der Waals surface area (Å²) in [5.74, 6) is -0.814. The first kappa shape index (κ1) is 23.2. The molecule has 2 aliphatic rings. The highest BCUT2D eigenvalue weighted by Gasteiger charge is 2.31. The second-order valence-electron chi connectivity index (χ2n) is 7.38. The van der Waals surface area contributed by atoms with E-state index >= 15 is 0 Å². The molecular weight excluding hydrogens is 487 g/mol. The van der Waals surface area contributed by atoms with Crippen LogP contribution in [0.25, 0.3) is 0 Å². The fourth-order valence-corrected chi connectivity index (χ4v) is 5.53. The van der Waals surface area contributed by atoms with Gasteiger partial charge in [-0.15, -0.1) is 0 Å². The molecule has 0 fully saturated rings. The van der Waals surface area contributed by atoms with Crippen molar-refractivity contribution < 1.29 is 17.6 Å². The lowest BCUT2D eigenvalue weighted by molar-refractivity contribution is 0.0743. The molecule has 2 aromatic carbocycles. The van der Waals surface area contributed by atoms with Crippen LogP contribution < -0.4 is 9.44 Å². The van der Waals surface area contributed by atoms with E-state index in [0.717, 1.165) is 5.56 Å². The Morgan fingerprint density at radius 1 is 1.24 bits per heavy atom. The van der Waals surface area contributed by atoms with Gasteiger partial charge in [0.05, 0.1) is 35.1 Å². The number of hydrogen-bond donors (Lipinski definition) is 2. The second kappa shape index (κ2) is 9.12. The molecule has 7 nitrogen and oxygen atoms in total. The first-order valence-electron chi connectivity index (χ1n) is 9.83. The number of carbonyl (C=O) groups is 1. The highest BCUT2D eigenvalue weighted by molar-refractivity contribution is 7.97. The van der Waals surface area contributed by atoms with E-state index in [-0.39, 0.29) is 27.0 Å². The number of rotatable bonds is 6. The van der Waals surface area contributed by atoms with E-state index in [4.69, 9.17) is 11.6 Å². The SMILES string of the molecule is CC(c1ccc(F)cc1)N(C)C(=O)c1cc(Cl)ccc1NS(=O)(=O)C1=CC=CN2SNC=C12. The number of halogens is 2. The number of benzene rings is 2. The Bertz CT molecular complexity index is 1290. The van der Waals surface area contributed by atoms with Crippen LogP contribution in [0.5, 0.6) is 0 Å². The van der Waals surface area contributed by atoms with Crippen LogP contribution in [0.3, 0.4) is 0 Å². The van der Waals surface area contributed by atoms with E-state index in [0.29, 0.717) is 5.70 Å². The first-order valence-corrected chi connectivity index (χ1v) is 12.5. The Balaban J connectivity index is 1.64. The summed E-state index contributed by atoms with van der Waals surface area (Å²) in [5, 5.41) is 0.286. The predicted octanol–water partition coefficient (Wildman–Crippen LogP) is 4.78. The maximum atomic E-state index is 13.3. The highest BCUT2D eigenvalue weighted by Crippen LogP contribution is 2.35. The average Bonchev–Trinajstić information content (AvgIpc) is 3.28. The quantitative estimate of drug-likeness (QED) is 0.549. The van der Waals surface area contributed by atoms with Gasteiger partial charge in [-0.05, 0) is 55.0 Å². The number of anilines is 1. The van der Waals surface area contributed by atoms with Crippen molar-refractivity contribution in [1.82, 2.24) is 13.9 Å². The summed E-state index contributed by atoms with van der Waals surface area (Å²) >= 11 is 7.37. The summed E-state index contributed by atoms with van der Waals surface area (Å²) in [6, 6.07) is 9.83. The molecule has 2 N–H and O–H groups in total. The van der Waals surface area contributed by atoms with Crippen molar-refractivity contribution in [2.45, 2.75) is 13.0 Å². The molecule has 0 saturated carbocycles. The molecule has 0 bridgehead atoms. The monoisotopic (exact) mass is 506 g/mol. The van der Waals surface area contributed by atoms with Gasteiger partial charge in [0, 0.05) is 24.5 Å². The van der Waals surface area contributed by atoms with E-state index in [1.165, 1.54) is 53.4 Å². The molecule has 1 amide bonds. The third-order valence-corrected chi connectivity index (χ3v) is 7.69. The van der Waals surface area contributed by atoms with Crippen molar-refractivity contribution in [3.8, 4) is 0 Å². The average molecular weight is 507 g/mol. The summed E-state index contributed by atoms with van der Waals surface area (Å²) in [6.07, 6.45) is 6.43. The van der Waals surface area contributed by atoms with Crippen molar-refractivity contribution in [2.24, 2.45) is 0 Å². The molecule has 1 atom stereocenters. The smallest absolute Gasteiger partial charge is 0.264 e. The van der Waals surface area contributed by atoms with Crippen molar-refractivity contribution in [1.29, 1.82) is 0 Å². The van der Waals surface area contributed by atoms with Crippen molar-refractivity contribution in [3.05, 3.63) is 99.6 Å². The van der Waals surface area contributed by atoms with E-state index in [2.05, 4.69) is 9.44 Å². The van der Waals surface area contributed by atoms with Gasteiger partial charge in [-0.3, -0.25) is 13.8 Å². The van der Waals surface area contributed by atoms with Crippen LogP contribution in [0.4, 0.5) is 10.1 Å². The van der Waals surface area contributed by atoms with Crippen molar-refractivity contribution >= 4 is 45.4 Å². The predicted molar refractivity (Wildman–Crippen MR) is 129 cm³/mol. The third-order valence-electron chi connectivity index (χ3n) is 5.31. The highest BCUT2D eigenvalue weighted by atomic mass is 35.5. The Hall–Kier alpha value is -2.95. The van der Waals surface area contributed by atoms with Crippen LogP contribution in [0.15, 0.2) is 77.6 Å². The minimum Gasteiger partial charge on any atom is -0.335 e. The lowest BCUT2D eigenvalue weighted by Gasteiger charge is -2.27. The summed E-state index contributed by atoms with van der Waals surface area (Å²) in [7, 11) is -2.43. The van der Waals surface area contributed by atoms with E-state index in [1.807, 2.05) is 0 Å². The summed E-state index contributed by atoms with van der Waals surface area (Å²) in [6.45, 7) is 1.80. The second-order valence-corrected chi connectivity index (χ2v) is 10.3. The van der Waals surface area contributed by atoms with Gasteiger partial charge < -0.3 is 9.62 Å². The molecule has 4 rings (SSSR count). The fourth-order valence-electron chi connectivity index (χ4n) is 3.38. The lowest BCUT2D eigenvalue weighted by atomic mass is 10.1. The summed E-state index contributed by atoms with van der Waals surface area (Å²) in [4.78, 5) is 14.8. The number of sulfonamides is 1. The number of nitrogens with zero attached hydrogens (tertiary/aromatic N) is 2. The molecule has 11 heteroatoms. The number of allylic oxidation sites excluding steroid dienone is 2. The molecule has 2 aromatic rings. The molecule has 2 heterocycles. The van der Waals surface area contributed by atoms with Gasteiger partial charge in [0.2, 0.25) is 0 Å². The number of carbonyl (C=O) groups excluding carboxylic acids is 1. The van der Waals surface area contributed by atoms with Crippen LogP contribution >= 0.6 is 23.7 Å². The molecule has 0 radical (unpaired) electrons. The summed E-state index contributed by atoms with van der Waals surface area (Å²) < 4.78 is 46.8. The fraction of sp³-hybridized carbons (Fsp3) is 0.136. The molecular formula is C22H20ClFN4O3S2. The molecule has 172 valence electrons. The Morgan fingerprint density at radius 2 is 1.97 bits per heavy atom. The van der Waals surface area contributed by atoms with Gasteiger partial charge in [0.1, 0.15) is 10.7 Å². The Morgan fingerprint density at radius 3 is 2.70 bits per heavy atom. The molecule has 33 heavy (non-hydrogen) atoms. The van der Waals surface area contributed by atoms with E-state index in [1.54, 1.807) is 48.9 Å². The van der Waals surface area contributed by atoms with Crippen LogP contribution in [-0.2, 0) is 10.0 Å². The zero-order chi connectivity index (χ0) is 23.8. The Labute approximate surface area is 200 Å². The van der Waals surface area contributed by atoms with Crippen LogP contribution in [0.1, 0.15) is 28.9 Å². The molecule has 2 aliphatic heterocycles. The first-order chi connectivity index (χ1) is 15.7. The van der Waals surface area contributed by atoms with Gasteiger partial charge in [-0.25, -0.2) is 12.8 Å². The maximum absolute atomic E-state index is 13.3. The number of amides is 1. The maximum Gasteiger partial charge on any atom is 0.264 e. The molecule has 0 aliphatic carbocycles.